The van der Waals surface area contributed by atoms with Gasteiger partial charge in [-0.2, -0.15) is 0 Å². The summed E-state index contributed by atoms with van der Waals surface area (Å²) in [6, 6.07) is 0. The van der Waals surface area contributed by atoms with Crippen molar-refractivity contribution >= 4 is 23.6 Å². The Labute approximate surface area is 241 Å². The van der Waals surface area contributed by atoms with Crippen LogP contribution in [0.1, 0.15) is 34.1 Å². The van der Waals surface area contributed by atoms with Gasteiger partial charge in [0.2, 0.25) is 5.78 Å². The van der Waals surface area contributed by atoms with Crippen LogP contribution in [0, 0.1) is 11.8 Å². The third-order valence-corrected chi connectivity index (χ3v) is 7.27. The third-order valence-electron chi connectivity index (χ3n) is 7.27. The van der Waals surface area contributed by atoms with Gasteiger partial charge in [-0.3, -0.25) is 14.4 Å². The summed E-state index contributed by atoms with van der Waals surface area (Å²) in [5, 5.41) is 2.54. The Balaban J connectivity index is 2.66. The number of ether oxygens (including phenoxy) is 5. The van der Waals surface area contributed by atoms with E-state index in [1.165, 1.54) is 26.4 Å². The molecule has 3 N–H and O–H groups in total. The lowest BCUT2D eigenvalue weighted by Crippen LogP contribution is -2.41. The van der Waals surface area contributed by atoms with Crippen molar-refractivity contribution in [3.63, 3.8) is 0 Å². The van der Waals surface area contributed by atoms with Gasteiger partial charge in [0.15, 0.2) is 11.9 Å². The minimum Gasteiger partial charge on any atom is -0.439 e. The van der Waals surface area contributed by atoms with Gasteiger partial charge in [-0.05, 0) is 37.8 Å². The topological polar surface area (TPSA) is 152 Å². The zero-order valence-corrected chi connectivity index (χ0v) is 25.0. The average molecular weight is 575 g/mol. The second-order valence-electron chi connectivity index (χ2n) is 10.2. The van der Waals surface area contributed by atoms with Crippen molar-refractivity contribution in [2.75, 3.05) is 28.4 Å². The number of primary amides is 1. The van der Waals surface area contributed by atoms with Crippen molar-refractivity contribution in [2.45, 2.75) is 64.6 Å². The highest BCUT2D eigenvalue weighted by atomic mass is 16.6. The van der Waals surface area contributed by atoms with Gasteiger partial charge in [-0.1, -0.05) is 38.2 Å². The molecule has 1 aliphatic carbocycles. The summed E-state index contributed by atoms with van der Waals surface area (Å²) in [4.78, 5) is 50.6. The maximum absolute atomic E-state index is 13.4. The molecule has 0 aromatic heterocycles. The van der Waals surface area contributed by atoms with E-state index in [2.05, 4.69) is 5.32 Å². The molecule has 0 aromatic rings. The van der Waals surface area contributed by atoms with Gasteiger partial charge >= 0.3 is 6.09 Å². The van der Waals surface area contributed by atoms with Crippen molar-refractivity contribution in [3.05, 3.63) is 58.9 Å². The fourth-order valence-electron chi connectivity index (χ4n) is 5.21. The van der Waals surface area contributed by atoms with E-state index in [1.54, 1.807) is 40.2 Å². The highest BCUT2D eigenvalue weighted by Gasteiger charge is 2.36. The molecule has 1 unspecified atom stereocenters. The van der Waals surface area contributed by atoms with Crippen molar-refractivity contribution in [1.82, 2.24) is 5.32 Å². The molecule has 2 amide bonds. The molecule has 0 radical (unpaired) electrons. The van der Waals surface area contributed by atoms with Gasteiger partial charge in [0.05, 0.1) is 24.0 Å². The number of ketones is 2. The molecular weight excluding hydrogens is 532 g/mol. The molecular formula is C30H42N2O9. The Bertz CT molecular complexity index is 1150. The van der Waals surface area contributed by atoms with E-state index >= 15 is 0 Å². The summed E-state index contributed by atoms with van der Waals surface area (Å²) < 4.78 is 28.4. The second kappa shape index (κ2) is 15.6. The monoisotopic (exact) mass is 574 g/mol. The Hall–Kier alpha value is -3.38. The summed E-state index contributed by atoms with van der Waals surface area (Å²) in [7, 11) is 6.05. The van der Waals surface area contributed by atoms with E-state index < -0.39 is 54.1 Å². The van der Waals surface area contributed by atoms with Crippen LogP contribution in [0.25, 0.3) is 0 Å². The number of hydrogen-bond donors (Lipinski definition) is 2. The van der Waals surface area contributed by atoms with Gasteiger partial charge in [-0.25, -0.2) is 4.79 Å². The molecule has 11 heteroatoms. The molecule has 0 fully saturated rings. The highest BCUT2D eigenvalue weighted by molar-refractivity contribution is 6.22. The molecule has 0 spiro atoms. The molecule has 2 rings (SSSR count). The maximum atomic E-state index is 13.4. The van der Waals surface area contributed by atoms with Crippen molar-refractivity contribution < 1.29 is 42.9 Å². The molecule has 7 atom stereocenters. The summed E-state index contributed by atoms with van der Waals surface area (Å²) >= 11 is 0. The lowest BCUT2D eigenvalue weighted by molar-refractivity contribution is -0.120. The molecule has 41 heavy (non-hydrogen) atoms. The molecule has 1 aliphatic heterocycles. The molecule has 11 nitrogen and oxygen atoms in total. The molecule has 2 bridgehead atoms. The fraction of sp³-hybridized carbons (Fsp3) is 0.533. The standard InChI is InChI=1S/C30H42N2O9/c1-16-10-9-11-23(37-5)28(41-30(31)36)18(3)12-17(2)27(40-8)24(38-6)13-19(4)26(39-7)21-14-20(33)15-22(25(21)34)32-29(16)35/h9-12,14-15,17,19,23-24,26-28H,13H2,1-8H3,(H2,31,36)(H,32,35)/b11-9-,16-10+,18-12+/t17-,19-,23-,24-,26+,27?,28-/m0/s1. The highest BCUT2D eigenvalue weighted by Crippen LogP contribution is 2.30. The van der Waals surface area contributed by atoms with Crippen LogP contribution in [0.2, 0.25) is 0 Å². The number of rotatable bonds is 5. The number of nitrogens with two attached hydrogens (primary N) is 1. The Kier molecular flexibility index (Phi) is 12.8. The quantitative estimate of drug-likeness (QED) is 0.373. The Morgan fingerprint density at radius 1 is 0.951 bits per heavy atom. The minimum atomic E-state index is -0.972. The van der Waals surface area contributed by atoms with E-state index in [4.69, 9.17) is 29.4 Å². The van der Waals surface area contributed by atoms with E-state index in [1.807, 2.05) is 19.9 Å². The Morgan fingerprint density at radius 2 is 1.63 bits per heavy atom. The van der Waals surface area contributed by atoms with E-state index in [-0.39, 0.29) is 28.7 Å². The normalized spacial score (nSPS) is 33.9. The maximum Gasteiger partial charge on any atom is 0.405 e. The van der Waals surface area contributed by atoms with E-state index in [9.17, 15) is 19.2 Å². The molecule has 1 heterocycles. The third kappa shape index (κ3) is 8.80. The largest absolute Gasteiger partial charge is 0.439 e. The number of carbonyl (C=O) groups is 4. The number of allylic oxidation sites excluding steroid dienone is 5. The van der Waals surface area contributed by atoms with Gasteiger partial charge in [-0.15, -0.1) is 0 Å². The van der Waals surface area contributed by atoms with Gasteiger partial charge in [0, 0.05) is 51.6 Å². The molecule has 2 aliphatic rings. The molecule has 0 aromatic carbocycles. The number of hydrogen-bond acceptors (Lipinski definition) is 9. The fourth-order valence-corrected chi connectivity index (χ4v) is 5.21. The number of carbonyl (C=O) groups excluding carboxylic acids is 4. The van der Waals surface area contributed by atoms with Crippen LogP contribution in [0.4, 0.5) is 4.79 Å². The van der Waals surface area contributed by atoms with Gasteiger partial charge in [0.25, 0.3) is 5.91 Å². The molecule has 0 saturated heterocycles. The lowest BCUT2D eigenvalue weighted by atomic mass is 9.84. The van der Waals surface area contributed by atoms with Crippen LogP contribution in [-0.4, -0.2) is 82.5 Å². The minimum absolute atomic E-state index is 0.141. The number of methoxy groups -OCH3 is 4. The zero-order chi connectivity index (χ0) is 30.9. The Morgan fingerprint density at radius 3 is 2.20 bits per heavy atom. The predicted octanol–water partition coefficient (Wildman–Crippen LogP) is 2.71. The van der Waals surface area contributed by atoms with E-state index in [0.29, 0.717) is 12.0 Å². The smallest absolute Gasteiger partial charge is 0.405 e. The summed E-state index contributed by atoms with van der Waals surface area (Å²) in [5.74, 6) is -2.04. The van der Waals surface area contributed by atoms with Crippen molar-refractivity contribution in [2.24, 2.45) is 17.6 Å². The second-order valence-corrected chi connectivity index (χ2v) is 10.2. The van der Waals surface area contributed by atoms with Gasteiger partial charge in [0.1, 0.15) is 6.10 Å². The number of nitrogens with one attached hydrogen (secondary N) is 1. The number of Topliss-reactive ketones (excluding diaryl/α,β-unsaturated/α-hetero) is 1. The van der Waals surface area contributed by atoms with Crippen LogP contribution in [0.3, 0.4) is 0 Å². The average Bonchev–Trinajstić information content (AvgIpc) is 2.91. The predicted molar refractivity (Wildman–Crippen MR) is 152 cm³/mol. The first-order valence-corrected chi connectivity index (χ1v) is 13.3. The number of fused-ring (bicyclic) bond motifs is 2. The lowest BCUT2D eigenvalue weighted by Gasteiger charge is -2.34. The van der Waals surface area contributed by atoms with Crippen molar-refractivity contribution in [1.29, 1.82) is 0 Å². The molecule has 226 valence electrons. The summed E-state index contributed by atoms with van der Waals surface area (Å²) in [6.45, 7) is 7.17. The first kappa shape index (κ1) is 33.8. The summed E-state index contributed by atoms with van der Waals surface area (Å²) in [5.41, 5.74) is 6.29. The van der Waals surface area contributed by atoms with Gasteiger partial charge < -0.3 is 34.7 Å². The van der Waals surface area contributed by atoms with Crippen LogP contribution in [-0.2, 0) is 38.1 Å². The van der Waals surface area contributed by atoms with Crippen LogP contribution >= 0.6 is 0 Å². The zero-order valence-electron chi connectivity index (χ0n) is 25.0. The van der Waals surface area contributed by atoms with Crippen LogP contribution in [0.5, 0.6) is 0 Å². The first-order chi connectivity index (χ1) is 19.4. The molecule has 0 saturated carbocycles. The van der Waals surface area contributed by atoms with Crippen LogP contribution in [0.15, 0.2) is 58.9 Å². The first-order valence-electron chi connectivity index (χ1n) is 13.3. The van der Waals surface area contributed by atoms with Crippen molar-refractivity contribution in [3.8, 4) is 0 Å². The number of amides is 2. The van der Waals surface area contributed by atoms with E-state index in [0.717, 1.165) is 6.08 Å². The van der Waals surface area contributed by atoms with Crippen LogP contribution < -0.4 is 11.1 Å². The summed E-state index contributed by atoms with van der Waals surface area (Å²) in [6.07, 6.45) is 5.11. The SMILES string of the molecule is COC1[C@@H](OC)C[C@H](C)[C@@H](OC)C2=CC(=O)C=C(NC(=O)/C(C)=C/C=C\[C@H](OC)[C@@H](OC(N)=O)/C(C)=C/[C@@H]1C)C2=O.